The van der Waals surface area contributed by atoms with E-state index < -0.39 is 39.7 Å². The molecular formula is C23H15ClN4O7. The smallest absolute Gasteiger partial charge is 0.269 e. The average Bonchev–Trinajstić information content (AvgIpc) is 3.35. The van der Waals surface area contributed by atoms with Crippen LogP contribution in [0.4, 0.5) is 22.7 Å². The molecule has 2 fully saturated rings. The normalized spacial score (nSPS) is 21.3. The zero-order valence-electron chi connectivity index (χ0n) is 17.7. The molecule has 3 atom stereocenters. The van der Waals surface area contributed by atoms with Gasteiger partial charge in [-0.05, 0) is 30.3 Å². The summed E-state index contributed by atoms with van der Waals surface area (Å²) in [5.74, 6) is -2.34. The van der Waals surface area contributed by atoms with Gasteiger partial charge >= 0.3 is 0 Å². The Kier molecular flexibility index (Phi) is 5.42. The Morgan fingerprint density at radius 1 is 0.800 bits per heavy atom. The van der Waals surface area contributed by atoms with E-state index in [1.807, 2.05) is 0 Å². The number of rotatable bonds is 5. The lowest BCUT2D eigenvalue weighted by Crippen LogP contribution is -2.37. The van der Waals surface area contributed by atoms with Crippen LogP contribution in [0, 0.1) is 26.1 Å². The molecule has 2 heterocycles. The van der Waals surface area contributed by atoms with Crippen LogP contribution in [0.2, 0.25) is 5.02 Å². The number of amides is 2. The van der Waals surface area contributed by atoms with Gasteiger partial charge < -0.3 is 0 Å². The van der Waals surface area contributed by atoms with Crippen LogP contribution in [0.3, 0.4) is 0 Å². The molecular weight excluding hydrogens is 480 g/mol. The molecule has 0 N–H and O–H groups in total. The van der Waals surface area contributed by atoms with Gasteiger partial charge in [-0.3, -0.25) is 34.7 Å². The highest BCUT2D eigenvalue weighted by Crippen LogP contribution is 2.49. The minimum atomic E-state index is -1.22. The number of benzene rings is 3. The fourth-order valence-corrected chi connectivity index (χ4v) is 4.61. The van der Waals surface area contributed by atoms with E-state index in [2.05, 4.69) is 0 Å². The van der Waals surface area contributed by atoms with Crippen LogP contribution in [0.25, 0.3) is 0 Å². The van der Waals surface area contributed by atoms with Gasteiger partial charge in [-0.25, -0.2) is 9.96 Å². The van der Waals surface area contributed by atoms with Crippen LogP contribution in [0.5, 0.6) is 0 Å². The fourth-order valence-electron chi connectivity index (χ4n) is 4.38. The van der Waals surface area contributed by atoms with E-state index in [0.717, 1.165) is 4.90 Å². The molecule has 3 aromatic rings. The lowest BCUT2D eigenvalue weighted by molar-refractivity contribution is -0.385. The number of hydrogen-bond donors (Lipinski definition) is 0. The third-order valence-electron chi connectivity index (χ3n) is 5.95. The summed E-state index contributed by atoms with van der Waals surface area (Å²) in [6, 6.07) is 16.6. The summed E-state index contributed by atoms with van der Waals surface area (Å²) in [5.41, 5.74) is 0.505. The predicted molar refractivity (Wildman–Crippen MR) is 124 cm³/mol. The summed E-state index contributed by atoms with van der Waals surface area (Å²) < 4.78 is 0. The van der Waals surface area contributed by atoms with Gasteiger partial charge in [0.2, 0.25) is 5.91 Å². The van der Waals surface area contributed by atoms with E-state index in [4.69, 9.17) is 16.4 Å². The standard InChI is InChI=1S/C23H15ClN4O7/c24-18-11-10-16(28(33)34)12-17(18)20-19-21(35-26(20)14-4-2-1-3-5-14)23(30)25(22(19)29)13-6-8-15(9-7-13)27(31)32/h1-12,19-21H/t19-,20-,21-/m1/s1. The van der Waals surface area contributed by atoms with Crippen molar-refractivity contribution in [3.8, 4) is 0 Å². The predicted octanol–water partition coefficient (Wildman–Crippen LogP) is 4.21. The van der Waals surface area contributed by atoms with Crippen molar-refractivity contribution in [2.75, 3.05) is 9.96 Å². The molecule has 35 heavy (non-hydrogen) atoms. The van der Waals surface area contributed by atoms with Gasteiger partial charge in [-0.2, -0.15) is 0 Å². The SMILES string of the molecule is O=C1[C@@H]2[C@@H](c3cc([N+](=O)[O-])ccc3Cl)N(c3ccccc3)O[C@H]2C(=O)N1c1ccc([N+](=O)[O-])cc1. The zero-order chi connectivity index (χ0) is 24.9. The molecule has 12 heteroatoms. The summed E-state index contributed by atoms with van der Waals surface area (Å²) in [4.78, 5) is 55.0. The Labute approximate surface area is 202 Å². The van der Waals surface area contributed by atoms with E-state index >= 15 is 0 Å². The number of hydroxylamine groups is 1. The lowest BCUT2D eigenvalue weighted by atomic mass is 9.90. The number of nitro benzene ring substituents is 2. The van der Waals surface area contributed by atoms with Crippen molar-refractivity contribution < 1.29 is 24.3 Å². The quantitative estimate of drug-likeness (QED) is 0.292. The van der Waals surface area contributed by atoms with E-state index in [9.17, 15) is 29.8 Å². The lowest BCUT2D eigenvalue weighted by Gasteiger charge is -2.29. The largest absolute Gasteiger partial charge is 0.273 e. The number of hydrogen-bond acceptors (Lipinski definition) is 8. The van der Waals surface area contributed by atoms with Crippen molar-refractivity contribution in [1.82, 2.24) is 0 Å². The van der Waals surface area contributed by atoms with Gasteiger partial charge in [0.05, 0.1) is 27.3 Å². The molecule has 0 spiro atoms. The van der Waals surface area contributed by atoms with Crippen molar-refractivity contribution >= 4 is 46.2 Å². The number of fused-ring (bicyclic) bond motifs is 1. The molecule has 11 nitrogen and oxygen atoms in total. The first-order chi connectivity index (χ1) is 16.8. The Morgan fingerprint density at radius 2 is 1.43 bits per heavy atom. The molecule has 0 bridgehead atoms. The Morgan fingerprint density at radius 3 is 2.06 bits per heavy atom. The number of nitro groups is 2. The topological polar surface area (TPSA) is 136 Å². The first kappa shape index (κ1) is 22.4. The summed E-state index contributed by atoms with van der Waals surface area (Å²) in [7, 11) is 0. The molecule has 2 aliphatic rings. The highest BCUT2D eigenvalue weighted by molar-refractivity contribution is 6.31. The number of carbonyl (C=O) groups is 2. The van der Waals surface area contributed by atoms with Crippen molar-refractivity contribution in [2.24, 2.45) is 5.92 Å². The van der Waals surface area contributed by atoms with Crippen LogP contribution in [-0.2, 0) is 14.4 Å². The number of anilines is 2. The van der Waals surface area contributed by atoms with Crippen molar-refractivity contribution in [2.45, 2.75) is 12.1 Å². The summed E-state index contributed by atoms with van der Waals surface area (Å²) in [5, 5.41) is 23.9. The number of nitrogens with zero attached hydrogens (tertiary/aromatic N) is 4. The number of imide groups is 1. The highest BCUT2D eigenvalue weighted by atomic mass is 35.5. The molecule has 2 saturated heterocycles. The summed E-state index contributed by atoms with van der Waals surface area (Å²) in [6.45, 7) is 0. The van der Waals surface area contributed by atoms with E-state index in [-0.39, 0.29) is 27.6 Å². The number of halogens is 1. The molecule has 3 aromatic carbocycles. The van der Waals surface area contributed by atoms with E-state index in [1.54, 1.807) is 30.3 Å². The molecule has 0 unspecified atom stereocenters. The second-order valence-electron chi connectivity index (χ2n) is 7.91. The van der Waals surface area contributed by atoms with Crippen LogP contribution < -0.4 is 9.96 Å². The van der Waals surface area contributed by atoms with Crippen LogP contribution >= 0.6 is 11.6 Å². The van der Waals surface area contributed by atoms with Crippen molar-refractivity contribution in [3.05, 3.63) is 104 Å². The number of carbonyl (C=O) groups excluding carboxylic acids is 2. The fraction of sp³-hybridized carbons (Fsp3) is 0.130. The Balaban J connectivity index is 1.60. The molecule has 2 amide bonds. The third-order valence-corrected chi connectivity index (χ3v) is 6.30. The first-order valence-electron chi connectivity index (χ1n) is 10.3. The van der Waals surface area contributed by atoms with Gasteiger partial charge in [-0.15, -0.1) is 0 Å². The van der Waals surface area contributed by atoms with Crippen molar-refractivity contribution in [3.63, 3.8) is 0 Å². The highest BCUT2D eigenvalue weighted by Gasteiger charge is 2.60. The molecule has 0 saturated carbocycles. The van der Waals surface area contributed by atoms with Crippen LogP contribution in [0.15, 0.2) is 72.8 Å². The minimum Gasteiger partial charge on any atom is -0.273 e. The van der Waals surface area contributed by atoms with Crippen LogP contribution in [-0.4, -0.2) is 27.8 Å². The molecule has 0 aromatic heterocycles. The summed E-state index contributed by atoms with van der Waals surface area (Å²) in [6.07, 6.45) is -1.22. The maximum absolute atomic E-state index is 13.6. The van der Waals surface area contributed by atoms with Crippen LogP contribution in [0.1, 0.15) is 11.6 Å². The minimum absolute atomic E-state index is 0.152. The number of para-hydroxylation sites is 1. The van der Waals surface area contributed by atoms with Gasteiger partial charge in [0.1, 0.15) is 5.92 Å². The van der Waals surface area contributed by atoms with Gasteiger partial charge in [-0.1, -0.05) is 29.8 Å². The monoisotopic (exact) mass is 494 g/mol. The molecule has 176 valence electrons. The second-order valence-corrected chi connectivity index (χ2v) is 8.31. The van der Waals surface area contributed by atoms with E-state index in [1.165, 1.54) is 47.5 Å². The van der Waals surface area contributed by atoms with Gasteiger partial charge in [0.25, 0.3) is 17.3 Å². The number of non-ortho nitro benzene ring substituents is 2. The van der Waals surface area contributed by atoms with E-state index in [0.29, 0.717) is 5.69 Å². The second kappa shape index (κ2) is 8.46. The molecule has 0 radical (unpaired) electrons. The molecule has 2 aliphatic heterocycles. The molecule has 0 aliphatic carbocycles. The Bertz CT molecular complexity index is 1370. The maximum atomic E-state index is 13.6. The first-order valence-corrected chi connectivity index (χ1v) is 10.7. The maximum Gasteiger partial charge on any atom is 0.269 e. The van der Waals surface area contributed by atoms with Gasteiger partial charge in [0, 0.05) is 34.9 Å². The average molecular weight is 495 g/mol. The Hall–Kier alpha value is -4.35. The zero-order valence-corrected chi connectivity index (χ0v) is 18.4. The van der Waals surface area contributed by atoms with Crippen molar-refractivity contribution in [1.29, 1.82) is 0 Å². The summed E-state index contributed by atoms with van der Waals surface area (Å²) >= 11 is 6.43. The molecule has 5 rings (SSSR count). The van der Waals surface area contributed by atoms with Gasteiger partial charge in [0.15, 0.2) is 6.10 Å². The third kappa shape index (κ3) is 3.66.